The van der Waals surface area contributed by atoms with Gasteiger partial charge in [0.2, 0.25) is 0 Å². The van der Waals surface area contributed by atoms with Gasteiger partial charge < -0.3 is 0 Å². The van der Waals surface area contributed by atoms with Gasteiger partial charge in [0.25, 0.3) is 0 Å². The molecule has 0 atom stereocenters. The molecule has 0 fully saturated rings. The SMILES string of the molecule is N#C[O][Hg]. The Labute approximate surface area is 41.0 Å². The van der Waals surface area contributed by atoms with Crippen LogP contribution in [0.3, 0.4) is 0 Å². The van der Waals surface area contributed by atoms with E-state index in [1.165, 1.54) is 6.26 Å². The van der Waals surface area contributed by atoms with Crippen molar-refractivity contribution in [2.24, 2.45) is 0 Å². The van der Waals surface area contributed by atoms with Gasteiger partial charge in [0.1, 0.15) is 0 Å². The van der Waals surface area contributed by atoms with Crippen molar-refractivity contribution in [2.45, 2.75) is 0 Å². The summed E-state index contributed by atoms with van der Waals surface area (Å²) in [5.74, 6) is 0. The first-order valence-electron chi connectivity index (χ1n) is 0.716. The Balaban J connectivity index is 2.43. The number of hydrogen-bond acceptors (Lipinski definition) is 2. The summed E-state index contributed by atoms with van der Waals surface area (Å²) in [5.41, 5.74) is 0. The molecule has 0 aromatic rings. The molecule has 0 unspecified atom stereocenters. The van der Waals surface area contributed by atoms with Crippen LogP contribution < -0.4 is 0 Å². The molecule has 0 aliphatic rings. The third-order valence-electron chi connectivity index (χ3n) is 0.0645. The predicted molar refractivity (Wildman–Crippen MR) is 6.70 cm³/mol. The zero-order valence-corrected chi connectivity index (χ0v) is 7.56. The van der Waals surface area contributed by atoms with E-state index in [9.17, 15) is 0 Å². The Morgan fingerprint density at radius 3 is 2.25 bits per heavy atom. The van der Waals surface area contributed by atoms with Crippen molar-refractivity contribution in [3.63, 3.8) is 0 Å². The second-order valence-corrected chi connectivity index (χ2v) is 1.36. The van der Waals surface area contributed by atoms with E-state index in [-0.39, 0.29) is 26.6 Å². The van der Waals surface area contributed by atoms with Gasteiger partial charge in [0.15, 0.2) is 0 Å². The van der Waals surface area contributed by atoms with Crippen molar-refractivity contribution in [1.82, 2.24) is 0 Å². The van der Waals surface area contributed by atoms with E-state index >= 15 is 0 Å². The molecule has 0 radical (unpaired) electrons. The predicted octanol–water partition coefficient (Wildman–Crippen LogP) is -0.0541. The summed E-state index contributed by atoms with van der Waals surface area (Å²) in [6, 6.07) is 0. The molecule has 0 aliphatic carbocycles. The summed E-state index contributed by atoms with van der Waals surface area (Å²) in [6.45, 7) is 0. The van der Waals surface area contributed by atoms with E-state index < -0.39 is 0 Å². The molecular weight excluding hydrogens is 243 g/mol. The quantitative estimate of drug-likeness (QED) is 0.441. The second kappa shape index (κ2) is 3.23. The van der Waals surface area contributed by atoms with Crippen LogP contribution in [-0.4, -0.2) is 0 Å². The average molecular weight is 243 g/mol. The number of nitriles is 1. The van der Waals surface area contributed by atoms with Gasteiger partial charge in [-0.15, -0.1) is 0 Å². The van der Waals surface area contributed by atoms with E-state index in [1.807, 2.05) is 0 Å². The van der Waals surface area contributed by atoms with Crippen LogP contribution in [0, 0.1) is 11.5 Å². The summed E-state index contributed by atoms with van der Waals surface area (Å²) in [5, 5.41) is 7.45. The number of rotatable bonds is 0. The van der Waals surface area contributed by atoms with E-state index in [2.05, 4.69) is 2.64 Å². The fraction of sp³-hybridized carbons (Fsp3) is 0. The summed E-state index contributed by atoms with van der Waals surface area (Å²) in [6.07, 6.45) is 1.52. The van der Waals surface area contributed by atoms with Gasteiger partial charge in [-0.25, -0.2) is 0 Å². The maximum absolute atomic E-state index is 7.45. The fourth-order valence-corrected chi connectivity index (χ4v) is 0. The Morgan fingerprint density at radius 1 is 2.00 bits per heavy atom. The molecular formula is CHgNO. The zero-order valence-electron chi connectivity index (χ0n) is 2.06. The molecule has 0 heterocycles. The molecule has 0 aromatic heterocycles. The van der Waals surface area contributed by atoms with Crippen LogP contribution in [0.15, 0.2) is 0 Å². The first kappa shape index (κ1) is 4.23. The van der Waals surface area contributed by atoms with Crippen molar-refractivity contribution in [1.29, 1.82) is 5.26 Å². The van der Waals surface area contributed by atoms with E-state index in [1.54, 1.807) is 0 Å². The van der Waals surface area contributed by atoms with E-state index in [0.717, 1.165) is 0 Å². The van der Waals surface area contributed by atoms with Crippen LogP contribution >= 0.6 is 0 Å². The molecule has 0 aliphatic heterocycles. The van der Waals surface area contributed by atoms with Crippen molar-refractivity contribution < 1.29 is 29.2 Å². The Morgan fingerprint density at radius 2 is 2.25 bits per heavy atom. The van der Waals surface area contributed by atoms with Crippen LogP contribution in [0.2, 0.25) is 0 Å². The molecule has 0 saturated carbocycles. The van der Waals surface area contributed by atoms with Crippen molar-refractivity contribution in [3.05, 3.63) is 0 Å². The average Bonchev–Trinajstić information content (AvgIpc) is 1.37. The molecule has 0 rings (SSSR count). The zero-order chi connectivity index (χ0) is 3.41. The minimum absolute atomic E-state index is 0.212. The molecule has 0 saturated heterocycles. The second-order valence-electron chi connectivity index (χ2n) is 0.236. The molecule has 0 amide bonds. The Hall–Kier alpha value is 0.225. The first-order valence-corrected chi connectivity index (χ1v) is 2.96. The molecule has 0 bridgehead atoms. The van der Waals surface area contributed by atoms with Gasteiger partial charge in [0.05, 0.1) is 0 Å². The summed E-state index contributed by atoms with van der Waals surface area (Å²) < 4.78 is 4.04. The molecule has 17 valence electrons. The molecule has 2 nitrogen and oxygen atoms in total. The van der Waals surface area contributed by atoms with E-state index in [4.69, 9.17) is 5.26 Å². The normalized spacial score (nSPS) is 4.25. The van der Waals surface area contributed by atoms with Gasteiger partial charge in [-0.05, 0) is 0 Å². The summed E-state index contributed by atoms with van der Waals surface area (Å²) in [7, 11) is 0. The Kier molecular flexibility index (Phi) is 3.41. The van der Waals surface area contributed by atoms with Crippen molar-refractivity contribution in [3.8, 4) is 6.26 Å². The molecule has 4 heavy (non-hydrogen) atoms. The summed E-state index contributed by atoms with van der Waals surface area (Å²) in [4.78, 5) is 0. The van der Waals surface area contributed by atoms with Crippen molar-refractivity contribution in [2.75, 3.05) is 0 Å². The third-order valence-corrected chi connectivity index (χ3v) is 0.566. The van der Waals surface area contributed by atoms with Gasteiger partial charge in [-0.1, -0.05) is 0 Å². The topological polar surface area (TPSA) is 33.0 Å². The Bertz CT molecular complexity index is 37.8. The fourth-order valence-electron chi connectivity index (χ4n) is 0. The molecule has 3 heteroatoms. The van der Waals surface area contributed by atoms with Crippen LogP contribution in [0.4, 0.5) is 0 Å². The van der Waals surface area contributed by atoms with Gasteiger partial charge in [-0.3, -0.25) is 0 Å². The molecule has 0 aromatic carbocycles. The monoisotopic (exact) mass is 244 g/mol. The third kappa shape index (κ3) is 2.23. The maximum atomic E-state index is 7.45. The van der Waals surface area contributed by atoms with Gasteiger partial charge >= 0.3 is 40.7 Å². The van der Waals surface area contributed by atoms with Gasteiger partial charge in [-0.2, -0.15) is 0 Å². The van der Waals surface area contributed by atoms with Crippen LogP contribution in [0.25, 0.3) is 0 Å². The number of hydrogen-bond donors (Lipinski definition) is 0. The van der Waals surface area contributed by atoms with Crippen molar-refractivity contribution >= 4 is 0 Å². The van der Waals surface area contributed by atoms with Gasteiger partial charge in [0, 0.05) is 0 Å². The minimum atomic E-state index is 0.212. The van der Waals surface area contributed by atoms with E-state index in [0.29, 0.717) is 0 Å². The van der Waals surface area contributed by atoms with Crippen LogP contribution in [0.1, 0.15) is 0 Å². The summed E-state index contributed by atoms with van der Waals surface area (Å²) >= 11 is 0.212. The number of nitrogens with zero attached hydrogens (tertiary/aromatic N) is 1. The first-order chi connectivity index (χ1) is 1.91. The molecule has 0 spiro atoms. The standard InChI is InChI=1S/CHNO.Hg/c2-1-3;/h3H;/q;+1/p-1. The molecule has 0 N–H and O–H groups in total. The van der Waals surface area contributed by atoms with Crippen LogP contribution in [0.5, 0.6) is 0 Å². The van der Waals surface area contributed by atoms with Crippen LogP contribution in [-0.2, 0) is 29.2 Å².